The summed E-state index contributed by atoms with van der Waals surface area (Å²) in [6.45, 7) is 2.47. The number of nitrogens with zero attached hydrogens (tertiary/aromatic N) is 2. The molecule has 5 heteroatoms. The van der Waals surface area contributed by atoms with Crippen molar-refractivity contribution in [3.05, 3.63) is 59.7 Å². The van der Waals surface area contributed by atoms with Gasteiger partial charge in [0, 0.05) is 12.7 Å². The number of nitrogens with two attached hydrogens (primary N) is 1. The monoisotopic (exact) mass is 270 g/mol. The fourth-order valence-electron chi connectivity index (χ4n) is 1.98. The Morgan fingerprint density at radius 1 is 1.30 bits per heavy atom. The van der Waals surface area contributed by atoms with Crippen molar-refractivity contribution in [1.29, 1.82) is 0 Å². The summed E-state index contributed by atoms with van der Waals surface area (Å²) in [7, 11) is 0. The van der Waals surface area contributed by atoms with Crippen LogP contribution in [0.1, 0.15) is 23.0 Å². The highest BCUT2D eigenvalue weighted by atomic mass is 16.1. The Morgan fingerprint density at radius 2 is 2.05 bits per heavy atom. The van der Waals surface area contributed by atoms with E-state index >= 15 is 0 Å². The van der Waals surface area contributed by atoms with Crippen molar-refractivity contribution >= 4 is 5.91 Å². The quantitative estimate of drug-likeness (QED) is 0.854. The second kappa shape index (κ2) is 6.77. The van der Waals surface area contributed by atoms with Gasteiger partial charge in [-0.2, -0.15) is 0 Å². The maximum atomic E-state index is 12.2. The zero-order valence-electron chi connectivity index (χ0n) is 11.4. The van der Waals surface area contributed by atoms with Crippen molar-refractivity contribution in [2.24, 2.45) is 5.73 Å². The molecule has 5 nitrogen and oxygen atoms in total. The van der Waals surface area contributed by atoms with Crippen molar-refractivity contribution in [3.8, 4) is 0 Å². The Hall–Kier alpha value is -2.27. The molecule has 0 spiro atoms. The molecule has 2 rings (SSSR count). The third kappa shape index (κ3) is 3.61. The lowest BCUT2D eigenvalue weighted by molar-refractivity contribution is -0.122. The summed E-state index contributed by atoms with van der Waals surface area (Å²) in [5.74, 6) is 0.268. The average molecular weight is 270 g/mol. The van der Waals surface area contributed by atoms with Gasteiger partial charge in [-0.15, -0.1) is 0 Å². The lowest BCUT2D eigenvalue weighted by Crippen LogP contribution is -2.33. The normalized spacial score (nSPS) is 11.9. The molecule has 20 heavy (non-hydrogen) atoms. The van der Waals surface area contributed by atoms with Crippen LogP contribution in [0, 0.1) is 6.92 Å². The molecule has 1 heterocycles. The summed E-state index contributed by atoms with van der Waals surface area (Å²) in [4.78, 5) is 20.5. The number of carbonyl (C=O) groups is 1. The standard InChI is InChI=1S/C15H18N4O/c1-11-17-8-7-13(19-11)10-18-15(20)14(9-16)12-5-3-2-4-6-12/h2-8,14H,9-10,16H2,1H3,(H,18,20). The van der Waals surface area contributed by atoms with Gasteiger partial charge in [-0.25, -0.2) is 9.97 Å². The highest BCUT2D eigenvalue weighted by Gasteiger charge is 2.18. The SMILES string of the molecule is Cc1nccc(CNC(=O)C(CN)c2ccccc2)n1. The molecular formula is C15H18N4O. The fraction of sp³-hybridized carbons (Fsp3) is 0.267. The summed E-state index contributed by atoms with van der Waals surface area (Å²) >= 11 is 0. The van der Waals surface area contributed by atoms with Gasteiger partial charge in [0.25, 0.3) is 0 Å². The third-order valence-corrected chi connectivity index (χ3v) is 3.03. The second-order valence-corrected chi connectivity index (χ2v) is 4.51. The third-order valence-electron chi connectivity index (χ3n) is 3.03. The Morgan fingerprint density at radius 3 is 2.70 bits per heavy atom. The molecule has 3 N–H and O–H groups in total. The largest absolute Gasteiger partial charge is 0.350 e. The van der Waals surface area contributed by atoms with E-state index in [-0.39, 0.29) is 18.4 Å². The second-order valence-electron chi connectivity index (χ2n) is 4.51. The number of nitrogens with one attached hydrogen (secondary N) is 1. The number of rotatable bonds is 5. The van der Waals surface area contributed by atoms with Crippen LogP contribution >= 0.6 is 0 Å². The first-order valence-corrected chi connectivity index (χ1v) is 6.52. The first-order valence-electron chi connectivity index (χ1n) is 6.52. The van der Waals surface area contributed by atoms with E-state index in [4.69, 9.17) is 5.73 Å². The van der Waals surface area contributed by atoms with Crippen molar-refractivity contribution in [2.45, 2.75) is 19.4 Å². The number of carbonyl (C=O) groups excluding carboxylic acids is 1. The van der Waals surface area contributed by atoms with Crippen LogP contribution in [0.4, 0.5) is 0 Å². The van der Waals surface area contributed by atoms with Crippen molar-refractivity contribution in [3.63, 3.8) is 0 Å². The van der Waals surface area contributed by atoms with Crippen LogP contribution in [0.3, 0.4) is 0 Å². The Bertz CT molecular complexity index is 571. The van der Waals surface area contributed by atoms with Crippen LogP contribution in [-0.2, 0) is 11.3 Å². The molecule has 1 atom stereocenters. The molecule has 1 aromatic heterocycles. The van der Waals surface area contributed by atoms with Gasteiger partial charge in [0.15, 0.2) is 0 Å². The first-order chi connectivity index (χ1) is 9.70. The van der Waals surface area contributed by atoms with Gasteiger partial charge < -0.3 is 11.1 Å². The molecule has 0 radical (unpaired) electrons. The van der Waals surface area contributed by atoms with Gasteiger partial charge in [-0.05, 0) is 18.6 Å². The first kappa shape index (κ1) is 14.1. The van der Waals surface area contributed by atoms with Crippen LogP contribution in [0.15, 0.2) is 42.6 Å². The Kier molecular flexibility index (Phi) is 4.79. The highest BCUT2D eigenvalue weighted by molar-refractivity contribution is 5.83. The summed E-state index contributed by atoms with van der Waals surface area (Å²) in [6, 6.07) is 11.3. The lowest BCUT2D eigenvalue weighted by atomic mass is 9.98. The van der Waals surface area contributed by atoms with Gasteiger partial charge in [0.2, 0.25) is 5.91 Å². The van der Waals surface area contributed by atoms with Crippen LogP contribution in [0.25, 0.3) is 0 Å². The maximum absolute atomic E-state index is 12.2. The van der Waals surface area contributed by atoms with E-state index in [1.807, 2.05) is 37.3 Å². The van der Waals surface area contributed by atoms with E-state index in [0.717, 1.165) is 11.3 Å². The van der Waals surface area contributed by atoms with Crippen molar-refractivity contribution in [2.75, 3.05) is 6.54 Å². The molecule has 1 amide bonds. The number of amides is 1. The minimum absolute atomic E-state index is 0.0880. The molecule has 0 aliphatic rings. The molecule has 1 aromatic carbocycles. The molecule has 0 saturated heterocycles. The number of benzene rings is 1. The van der Waals surface area contributed by atoms with Crippen LogP contribution in [0.2, 0.25) is 0 Å². The summed E-state index contributed by atoms with van der Waals surface area (Å²) in [5.41, 5.74) is 7.42. The zero-order valence-corrected chi connectivity index (χ0v) is 11.4. The van der Waals surface area contributed by atoms with E-state index in [1.54, 1.807) is 12.3 Å². The summed E-state index contributed by atoms with van der Waals surface area (Å²) < 4.78 is 0. The van der Waals surface area contributed by atoms with Gasteiger partial charge in [-0.1, -0.05) is 30.3 Å². The van der Waals surface area contributed by atoms with E-state index in [9.17, 15) is 4.79 Å². The molecule has 0 bridgehead atoms. The van der Waals surface area contributed by atoms with Gasteiger partial charge >= 0.3 is 0 Å². The van der Waals surface area contributed by atoms with Crippen molar-refractivity contribution in [1.82, 2.24) is 15.3 Å². The molecule has 2 aromatic rings. The van der Waals surface area contributed by atoms with Gasteiger partial charge in [0.1, 0.15) is 5.82 Å². The van der Waals surface area contributed by atoms with Crippen LogP contribution in [-0.4, -0.2) is 22.4 Å². The topological polar surface area (TPSA) is 80.9 Å². The molecule has 1 unspecified atom stereocenters. The number of hydrogen-bond donors (Lipinski definition) is 2. The minimum Gasteiger partial charge on any atom is -0.350 e. The van der Waals surface area contributed by atoms with Crippen LogP contribution < -0.4 is 11.1 Å². The number of aryl methyl sites for hydroxylation is 1. The fourth-order valence-corrected chi connectivity index (χ4v) is 1.98. The van der Waals surface area contributed by atoms with Gasteiger partial charge in [0.05, 0.1) is 18.2 Å². The van der Waals surface area contributed by atoms with Crippen LogP contribution in [0.5, 0.6) is 0 Å². The Balaban J connectivity index is 2.00. The molecule has 0 aliphatic heterocycles. The summed E-state index contributed by atoms with van der Waals surface area (Å²) in [5, 5.41) is 2.87. The van der Waals surface area contributed by atoms with Crippen molar-refractivity contribution < 1.29 is 4.79 Å². The molecule has 0 aliphatic carbocycles. The molecule has 0 fully saturated rings. The number of hydrogen-bond acceptors (Lipinski definition) is 4. The summed E-state index contributed by atoms with van der Waals surface area (Å²) in [6.07, 6.45) is 1.68. The molecule has 104 valence electrons. The van der Waals surface area contributed by atoms with E-state index in [2.05, 4.69) is 15.3 Å². The average Bonchev–Trinajstić information content (AvgIpc) is 2.47. The number of aromatic nitrogens is 2. The van der Waals surface area contributed by atoms with E-state index < -0.39 is 0 Å². The predicted octanol–water partition coefficient (Wildman–Crippen LogP) is 1.14. The lowest BCUT2D eigenvalue weighted by Gasteiger charge is -2.15. The maximum Gasteiger partial charge on any atom is 0.229 e. The smallest absolute Gasteiger partial charge is 0.229 e. The molecular weight excluding hydrogens is 252 g/mol. The highest BCUT2D eigenvalue weighted by Crippen LogP contribution is 2.14. The van der Waals surface area contributed by atoms with Gasteiger partial charge in [-0.3, -0.25) is 4.79 Å². The minimum atomic E-state index is -0.334. The molecule has 0 saturated carbocycles. The van der Waals surface area contributed by atoms with E-state index in [1.165, 1.54) is 0 Å². The zero-order chi connectivity index (χ0) is 14.4. The van der Waals surface area contributed by atoms with E-state index in [0.29, 0.717) is 12.4 Å². The predicted molar refractivity (Wildman–Crippen MR) is 76.9 cm³/mol. The Labute approximate surface area is 118 Å².